The maximum absolute atomic E-state index is 12.7. The van der Waals surface area contributed by atoms with Crippen LogP contribution in [-0.2, 0) is 20.0 Å². The van der Waals surface area contributed by atoms with Crippen LogP contribution in [0.3, 0.4) is 0 Å². The second-order valence-corrected chi connectivity index (χ2v) is 9.22. The molecule has 1 aliphatic carbocycles. The highest BCUT2D eigenvalue weighted by atomic mass is 32.2. The molecule has 0 atom stereocenters. The van der Waals surface area contributed by atoms with Crippen molar-refractivity contribution in [3.8, 4) is 0 Å². The normalized spacial score (nSPS) is 16.0. The molecule has 1 aliphatic rings. The predicted molar refractivity (Wildman–Crippen MR) is 94.1 cm³/mol. The minimum Gasteiger partial charge on any atom is -0.279 e. The number of anilines is 1. The van der Waals surface area contributed by atoms with Crippen molar-refractivity contribution in [3.63, 3.8) is 0 Å². The molecule has 134 valence electrons. The van der Waals surface area contributed by atoms with Crippen molar-refractivity contribution in [2.45, 2.75) is 41.5 Å². The second kappa shape index (κ2) is 7.11. The number of hydrogen-bond donors (Lipinski definition) is 2. The van der Waals surface area contributed by atoms with E-state index in [0.29, 0.717) is 5.69 Å². The molecule has 2 aromatic rings. The largest absolute Gasteiger partial charge is 0.279 e. The van der Waals surface area contributed by atoms with Gasteiger partial charge in [0.25, 0.3) is 10.0 Å². The lowest BCUT2D eigenvalue weighted by atomic mass is 10.3. The Morgan fingerprint density at radius 2 is 1.40 bits per heavy atom. The molecule has 0 amide bonds. The number of aromatic nitrogens is 1. The highest BCUT2D eigenvalue weighted by Gasteiger charge is 2.29. The number of rotatable bonds is 6. The molecule has 9 heteroatoms. The maximum atomic E-state index is 12.7. The van der Waals surface area contributed by atoms with Crippen LogP contribution in [0.25, 0.3) is 0 Å². The van der Waals surface area contributed by atoms with Crippen LogP contribution in [0.1, 0.15) is 25.7 Å². The van der Waals surface area contributed by atoms with Crippen LogP contribution in [0, 0.1) is 0 Å². The highest BCUT2D eigenvalue weighted by molar-refractivity contribution is 7.94. The Balaban J connectivity index is 1.95. The fraction of sp³-hybridized carbons (Fsp3) is 0.312. The van der Waals surface area contributed by atoms with E-state index in [4.69, 9.17) is 0 Å². The molecule has 1 heterocycles. The van der Waals surface area contributed by atoms with Crippen molar-refractivity contribution in [1.29, 1.82) is 0 Å². The Bertz CT molecular complexity index is 938. The summed E-state index contributed by atoms with van der Waals surface area (Å²) in [6.45, 7) is 0. The lowest BCUT2D eigenvalue weighted by Gasteiger charge is -2.16. The first kappa shape index (κ1) is 17.8. The van der Waals surface area contributed by atoms with Gasteiger partial charge in [-0.2, -0.15) is 0 Å². The minimum absolute atomic E-state index is 0.145. The van der Waals surface area contributed by atoms with Gasteiger partial charge in [-0.25, -0.2) is 21.6 Å². The van der Waals surface area contributed by atoms with E-state index < -0.39 is 20.0 Å². The van der Waals surface area contributed by atoms with Gasteiger partial charge in [0.05, 0.1) is 5.69 Å². The first-order valence-corrected chi connectivity index (χ1v) is 10.9. The monoisotopic (exact) mass is 381 g/mol. The fourth-order valence-corrected chi connectivity index (χ4v) is 6.05. The van der Waals surface area contributed by atoms with Crippen LogP contribution in [0.15, 0.2) is 58.6 Å². The summed E-state index contributed by atoms with van der Waals surface area (Å²) in [5, 5.41) is 0. The van der Waals surface area contributed by atoms with Crippen molar-refractivity contribution in [2.24, 2.45) is 0 Å². The average Bonchev–Trinajstić information content (AvgIpc) is 3.08. The third-order valence-corrected chi connectivity index (χ3v) is 7.19. The molecular weight excluding hydrogens is 362 g/mol. The van der Waals surface area contributed by atoms with E-state index in [1.54, 1.807) is 0 Å². The van der Waals surface area contributed by atoms with Crippen LogP contribution in [0.2, 0.25) is 0 Å². The van der Waals surface area contributed by atoms with Crippen LogP contribution in [0.5, 0.6) is 0 Å². The first-order chi connectivity index (χ1) is 11.9. The molecule has 3 rings (SSSR count). The van der Waals surface area contributed by atoms with Crippen LogP contribution >= 0.6 is 0 Å². The Morgan fingerprint density at radius 3 is 2.00 bits per heavy atom. The van der Waals surface area contributed by atoms with E-state index in [1.165, 1.54) is 48.8 Å². The smallest absolute Gasteiger partial charge is 0.263 e. The summed E-state index contributed by atoms with van der Waals surface area (Å²) in [4.78, 5) is 3.29. The number of nitrogens with one attached hydrogen (secondary N) is 2. The molecule has 7 nitrogen and oxygen atoms in total. The Kier molecular flexibility index (Phi) is 5.07. The highest BCUT2D eigenvalue weighted by Crippen LogP contribution is 2.25. The summed E-state index contributed by atoms with van der Waals surface area (Å²) in [7, 11) is -7.99. The fourth-order valence-electron chi connectivity index (χ4n) is 2.85. The van der Waals surface area contributed by atoms with Crippen molar-refractivity contribution >= 4 is 25.7 Å². The van der Waals surface area contributed by atoms with E-state index >= 15 is 0 Å². The van der Waals surface area contributed by atoms with Gasteiger partial charge in [0.15, 0.2) is 0 Å². The van der Waals surface area contributed by atoms with Gasteiger partial charge >= 0.3 is 0 Å². The molecule has 25 heavy (non-hydrogen) atoms. The summed E-state index contributed by atoms with van der Waals surface area (Å²) < 4.78 is 55.8. The van der Waals surface area contributed by atoms with E-state index in [9.17, 15) is 16.8 Å². The van der Waals surface area contributed by atoms with Crippen molar-refractivity contribution in [3.05, 3.63) is 48.8 Å². The zero-order valence-electron chi connectivity index (χ0n) is 13.4. The quantitative estimate of drug-likeness (QED) is 0.797. The van der Waals surface area contributed by atoms with Gasteiger partial charge in [-0.1, -0.05) is 25.0 Å². The lowest BCUT2D eigenvalue weighted by Crippen LogP contribution is -2.33. The molecular formula is C16H19N3O4S2. The van der Waals surface area contributed by atoms with E-state index in [0.717, 1.165) is 25.7 Å². The molecule has 1 fully saturated rings. The van der Waals surface area contributed by atoms with Gasteiger partial charge in [0.1, 0.15) is 9.79 Å². The van der Waals surface area contributed by atoms with E-state index in [1.807, 2.05) is 0 Å². The summed E-state index contributed by atoms with van der Waals surface area (Å²) >= 11 is 0. The molecule has 1 saturated carbocycles. The number of sulfonamides is 2. The summed E-state index contributed by atoms with van der Waals surface area (Å²) in [6, 6.07) is 8.43. The predicted octanol–water partition coefficient (Wildman–Crippen LogP) is 2.10. The van der Waals surface area contributed by atoms with Gasteiger partial charge in [-0.15, -0.1) is 0 Å². The zero-order valence-corrected chi connectivity index (χ0v) is 15.1. The van der Waals surface area contributed by atoms with Gasteiger partial charge in [0, 0.05) is 18.4 Å². The summed E-state index contributed by atoms with van der Waals surface area (Å²) in [5.74, 6) is 0. The molecule has 0 radical (unpaired) electrons. The SMILES string of the molecule is O=S(=O)(Nc1ccncc1)c1ccccc1S(=O)(=O)NC1CCCC1. The number of nitrogens with zero attached hydrogens (tertiary/aromatic N) is 1. The Hall–Kier alpha value is -1.97. The van der Waals surface area contributed by atoms with Crippen molar-refractivity contribution in [2.75, 3.05) is 4.72 Å². The first-order valence-electron chi connectivity index (χ1n) is 7.93. The Morgan fingerprint density at radius 1 is 0.840 bits per heavy atom. The molecule has 0 unspecified atom stereocenters. The molecule has 1 aromatic heterocycles. The van der Waals surface area contributed by atoms with Crippen LogP contribution in [-0.4, -0.2) is 27.9 Å². The standard InChI is InChI=1S/C16H19N3O4S2/c20-24(21,18-13-5-1-2-6-13)15-7-3-4-8-16(15)25(22,23)19-14-9-11-17-12-10-14/h3-4,7-13,18H,1-2,5-6H2,(H,17,19). The molecule has 0 bridgehead atoms. The van der Waals surface area contributed by atoms with Crippen LogP contribution in [0.4, 0.5) is 5.69 Å². The number of hydrogen-bond acceptors (Lipinski definition) is 5. The van der Waals surface area contributed by atoms with E-state index in [2.05, 4.69) is 14.4 Å². The Labute approximate surface area is 147 Å². The number of benzene rings is 1. The summed E-state index contributed by atoms with van der Waals surface area (Å²) in [6.07, 6.45) is 6.37. The molecule has 0 aliphatic heterocycles. The van der Waals surface area contributed by atoms with E-state index in [-0.39, 0.29) is 15.8 Å². The minimum atomic E-state index is -4.06. The van der Waals surface area contributed by atoms with Crippen LogP contribution < -0.4 is 9.44 Å². The second-order valence-electron chi connectivity index (χ2n) is 5.89. The van der Waals surface area contributed by atoms with Gasteiger partial charge in [0.2, 0.25) is 10.0 Å². The van der Waals surface area contributed by atoms with Crippen molar-refractivity contribution in [1.82, 2.24) is 9.71 Å². The maximum Gasteiger partial charge on any atom is 0.263 e. The third-order valence-electron chi connectivity index (χ3n) is 4.04. The molecule has 2 N–H and O–H groups in total. The molecule has 1 aromatic carbocycles. The third kappa shape index (κ3) is 4.17. The molecule has 0 spiro atoms. The topological polar surface area (TPSA) is 105 Å². The average molecular weight is 381 g/mol. The number of pyridine rings is 1. The van der Waals surface area contributed by atoms with Gasteiger partial charge in [-0.05, 0) is 37.1 Å². The lowest BCUT2D eigenvalue weighted by molar-refractivity contribution is 0.548. The summed E-state index contributed by atoms with van der Waals surface area (Å²) in [5.41, 5.74) is 0.311. The van der Waals surface area contributed by atoms with Crippen molar-refractivity contribution < 1.29 is 16.8 Å². The van der Waals surface area contributed by atoms with Gasteiger partial charge < -0.3 is 0 Å². The zero-order chi connectivity index (χ0) is 17.9. The molecule has 0 saturated heterocycles. The van der Waals surface area contributed by atoms with Gasteiger partial charge in [-0.3, -0.25) is 9.71 Å².